The van der Waals surface area contributed by atoms with Gasteiger partial charge in [0, 0.05) is 12.4 Å². The van der Waals surface area contributed by atoms with Gasteiger partial charge in [-0.2, -0.15) is 0 Å². The van der Waals surface area contributed by atoms with Crippen LogP contribution in [0.25, 0.3) is 11.0 Å². The fraction of sp³-hybridized carbons (Fsp3) is 0.0667. The molecule has 1 aromatic carbocycles. The number of pyridine rings is 1. The summed E-state index contributed by atoms with van der Waals surface area (Å²) in [6.45, 7) is 0. The van der Waals surface area contributed by atoms with Gasteiger partial charge >= 0.3 is 0 Å². The number of ketones is 1. The Morgan fingerprint density at radius 1 is 1.24 bits per heavy atom. The second-order valence-corrected chi connectivity index (χ2v) is 4.36. The number of ether oxygens (including phenoxy) is 1. The summed E-state index contributed by atoms with van der Waals surface area (Å²) >= 11 is 0. The van der Waals surface area contributed by atoms with Crippen molar-refractivity contribution in [2.45, 2.75) is 0 Å². The molecule has 0 saturated heterocycles. The number of rotatable bonds is 3. The summed E-state index contributed by atoms with van der Waals surface area (Å²) in [6, 6.07) is 4.87. The van der Waals surface area contributed by atoms with E-state index < -0.39 is 23.0 Å². The third-order valence-corrected chi connectivity index (χ3v) is 3.19. The molecular formula is C15H10F2N2O2. The van der Waals surface area contributed by atoms with Gasteiger partial charge in [-0.3, -0.25) is 4.79 Å². The summed E-state index contributed by atoms with van der Waals surface area (Å²) in [5.41, 5.74) is -0.0716. The zero-order valence-electron chi connectivity index (χ0n) is 11.0. The standard InChI is InChI=1S/C15H10F2N2O2/c1-21-11-5-6-18-15-12(11)8(7-19-15)14(20)13-9(16)3-2-4-10(13)17/h2-7H,1H3,(H,18,19). The Kier molecular flexibility index (Phi) is 3.13. The molecule has 0 fully saturated rings. The molecule has 0 aliphatic carbocycles. The van der Waals surface area contributed by atoms with E-state index in [-0.39, 0.29) is 5.56 Å². The first-order valence-electron chi connectivity index (χ1n) is 6.12. The van der Waals surface area contributed by atoms with E-state index in [0.29, 0.717) is 16.8 Å². The normalized spacial score (nSPS) is 10.8. The summed E-state index contributed by atoms with van der Waals surface area (Å²) in [5, 5.41) is 0.396. The van der Waals surface area contributed by atoms with E-state index in [4.69, 9.17) is 4.74 Å². The summed E-state index contributed by atoms with van der Waals surface area (Å²) < 4.78 is 32.7. The third kappa shape index (κ3) is 2.05. The highest BCUT2D eigenvalue weighted by Crippen LogP contribution is 2.29. The van der Waals surface area contributed by atoms with Crippen molar-refractivity contribution in [3.8, 4) is 5.75 Å². The van der Waals surface area contributed by atoms with Crippen molar-refractivity contribution in [2.75, 3.05) is 7.11 Å². The number of halogens is 2. The molecule has 0 unspecified atom stereocenters. The maximum absolute atomic E-state index is 13.8. The fourth-order valence-electron chi connectivity index (χ4n) is 2.23. The molecule has 106 valence electrons. The van der Waals surface area contributed by atoms with E-state index in [1.54, 1.807) is 6.07 Å². The van der Waals surface area contributed by atoms with E-state index in [1.165, 1.54) is 25.6 Å². The van der Waals surface area contributed by atoms with Crippen molar-refractivity contribution < 1.29 is 18.3 Å². The highest BCUT2D eigenvalue weighted by atomic mass is 19.1. The molecular weight excluding hydrogens is 278 g/mol. The van der Waals surface area contributed by atoms with Gasteiger partial charge in [-0.1, -0.05) is 6.07 Å². The van der Waals surface area contributed by atoms with Gasteiger partial charge in [0.2, 0.25) is 5.78 Å². The van der Waals surface area contributed by atoms with Crippen LogP contribution in [-0.4, -0.2) is 22.9 Å². The number of nitrogens with zero attached hydrogens (tertiary/aromatic N) is 1. The predicted molar refractivity (Wildman–Crippen MR) is 72.4 cm³/mol. The monoisotopic (exact) mass is 288 g/mol. The van der Waals surface area contributed by atoms with Crippen molar-refractivity contribution in [1.82, 2.24) is 9.97 Å². The Balaban J connectivity index is 2.24. The molecule has 0 spiro atoms. The van der Waals surface area contributed by atoms with Crippen molar-refractivity contribution in [1.29, 1.82) is 0 Å². The van der Waals surface area contributed by atoms with Crippen molar-refractivity contribution in [2.24, 2.45) is 0 Å². The van der Waals surface area contributed by atoms with Gasteiger partial charge in [0.1, 0.15) is 23.0 Å². The molecule has 0 saturated carbocycles. The second kappa shape index (κ2) is 4.97. The zero-order valence-corrected chi connectivity index (χ0v) is 11.0. The molecule has 0 atom stereocenters. The van der Waals surface area contributed by atoms with E-state index >= 15 is 0 Å². The van der Waals surface area contributed by atoms with E-state index in [1.807, 2.05) is 0 Å². The van der Waals surface area contributed by atoms with Gasteiger partial charge in [0.25, 0.3) is 0 Å². The lowest BCUT2D eigenvalue weighted by molar-refractivity contribution is 0.103. The van der Waals surface area contributed by atoms with Crippen molar-refractivity contribution >= 4 is 16.8 Å². The number of nitrogens with one attached hydrogen (secondary N) is 1. The Bertz CT molecular complexity index is 823. The molecule has 2 heterocycles. The SMILES string of the molecule is COc1ccnc2[nH]cc(C(=O)c3c(F)cccc3F)c12. The number of benzene rings is 1. The van der Waals surface area contributed by atoms with Crippen molar-refractivity contribution in [3.63, 3.8) is 0 Å². The Labute approximate surface area is 118 Å². The number of carbonyl (C=O) groups excluding carboxylic acids is 1. The van der Waals surface area contributed by atoms with E-state index in [2.05, 4.69) is 9.97 Å². The first kappa shape index (κ1) is 13.2. The summed E-state index contributed by atoms with van der Waals surface area (Å²) in [7, 11) is 1.44. The quantitative estimate of drug-likeness (QED) is 0.753. The van der Waals surface area contributed by atoms with Crippen LogP contribution in [0.15, 0.2) is 36.7 Å². The molecule has 6 heteroatoms. The average Bonchev–Trinajstić information content (AvgIpc) is 2.90. The molecule has 0 radical (unpaired) electrons. The number of fused-ring (bicyclic) bond motifs is 1. The maximum Gasteiger partial charge on any atom is 0.201 e. The predicted octanol–water partition coefficient (Wildman–Crippen LogP) is 3.08. The topological polar surface area (TPSA) is 55.0 Å². The minimum atomic E-state index is -0.905. The molecule has 3 rings (SSSR count). The molecule has 0 aliphatic rings. The zero-order chi connectivity index (χ0) is 15.0. The minimum Gasteiger partial charge on any atom is -0.496 e. The van der Waals surface area contributed by atoms with Gasteiger partial charge in [0.05, 0.1) is 23.6 Å². The van der Waals surface area contributed by atoms with Crippen LogP contribution in [0.4, 0.5) is 8.78 Å². The molecule has 0 bridgehead atoms. The number of carbonyl (C=O) groups is 1. The van der Waals surface area contributed by atoms with Crippen LogP contribution in [0, 0.1) is 11.6 Å². The van der Waals surface area contributed by atoms with Crippen LogP contribution in [-0.2, 0) is 0 Å². The van der Waals surface area contributed by atoms with Gasteiger partial charge in [-0.15, -0.1) is 0 Å². The fourth-order valence-corrected chi connectivity index (χ4v) is 2.23. The lowest BCUT2D eigenvalue weighted by atomic mass is 10.0. The molecule has 1 N–H and O–H groups in total. The highest BCUT2D eigenvalue weighted by molar-refractivity contribution is 6.17. The van der Waals surface area contributed by atoms with Gasteiger partial charge in [-0.05, 0) is 18.2 Å². The average molecular weight is 288 g/mol. The molecule has 2 aromatic heterocycles. The van der Waals surface area contributed by atoms with Gasteiger partial charge in [0.15, 0.2) is 0 Å². The highest BCUT2D eigenvalue weighted by Gasteiger charge is 2.23. The molecule has 21 heavy (non-hydrogen) atoms. The number of H-pyrrole nitrogens is 1. The minimum absolute atomic E-state index is 0.110. The van der Waals surface area contributed by atoms with Gasteiger partial charge < -0.3 is 9.72 Å². The van der Waals surface area contributed by atoms with Crippen LogP contribution >= 0.6 is 0 Å². The second-order valence-electron chi connectivity index (χ2n) is 4.36. The first-order chi connectivity index (χ1) is 10.1. The molecule has 4 nitrogen and oxygen atoms in total. The van der Waals surface area contributed by atoms with Crippen LogP contribution in [0.5, 0.6) is 5.75 Å². The molecule has 0 amide bonds. The van der Waals surface area contributed by atoms with Crippen molar-refractivity contribution in [3.05, 3.63) is 59.4 Å². The summed E-state index contributed by atoms with van der Waals surface area (Å²) in [4.78, 5) is 19.3. The number of hydrogen-bond acceptors (Lipinski definition) is 3. The van der Waals surface area contributed by atoms with Crippen LogP contribution in [0.2, 0.25) is 0 Å². The molecule has 0 aliphatic heterocycles. The summed E-state index contributed by atoms with van der Waals surface area (Å²) in [6.07, 6.45) is 2.88. The van der Waals surface area contributed by atoms with Gasteiger partial charge in [-0.25, -0.2) is 13.8 Å². The Morgan fingerprint density at radius 2 is 1.95 bits per heavy atom. The van der Waals surface area contributed by atoms with E-state index in [9.17, 15) is 13.6 Å². The molecule has 3 aromatic rings. The number of hydrogen-bond donors (Lipinski definition) is 1. The Morgan fingerprint density at radius 3 is 2.62 bits per heavy atom. The van der Waals surface area contributed by atoms with Crippen LogP contribution in [0.3, 0.4) is 0 Å². The van der Waals surface area contributed by atoms with Crippen LogP contribution < -0.4 is 4.74 Å². The Hall–Kier alpha value is -2.76. The largest absolute Gasteiger partial charge is 0.496 e. The third-order valence-electron chi connectivity index (χ3n) is 3.19. The number of aromatic nitrogens is 2. The smallest absolute Gasteiger partial charge is 0.201 e. The van der Waals surface area contributed by atoms with Crippen LogP contribution in [0.1, 0.15) is 15.9 Å². The number of aromatic amines is 1. The first-order valence-corrected chi connectivity index (χ1v) is 6.12. The van der Waals surface area contributed by atoms with E-state index in [0.717, 1.165) is 12.1 Å². The number of methoxy groups -OCH3 is 1. The lowest BCUT2D eigenvalue weighted by Gasteiger charge is -2.05. The lowest BCUT2D eigenvalue weighted by Crippen LogP contribution is -2.07. The maximum atomic E-state index is 13.8. The summed E-state index contributed by atoms with van der Waals surface area (Å²) in [5.74, 6) is -2.17.